The van der Waals surface area contributed by atoms with Crippen molar-refractivity contribution in [2.45, 2.75) is 33.4 Å². The maximum absolute atomic E-state index is 11.8. The van der Waals surface area contributed by atoms with E-state index in [4.69, 9.17) is 4.74 Å². The van der Waals surface area contributed by atoms with Gasteiger partial charge in [0.1, 0.15) is 12.4 Å². The second-order valence-corrected chi connectivity index (χ2v) is 5.19. The first kappa shape index (κ1) is 16.7. The molecule has 1 aromatic rings. The molecule has 20 heavy (non-hydrogen) atoms. The van der Waals surface area contributed by atoms with Crippen LogP contribution in [0.1, 0.15) is 26.1 Å². The summed E-state index contributed by atoms with van der Waals surface area (Å²) >= 11 is 0. The van der Waals surface area contributed by atoms with Gasteiger partial charge in [-0.2, -0.15) is 0 Å². The molecule has 0 saturated heterocycles. The summed E-state index contributed by atoms with van der Waals surface area (Å²) in [5.41, 5.74) is 0. The Balaban J connectivity index is 2.32. The zero-order valence-corrected chi connectivity index (χ0v) is 12.7. The van der Waals surface area contributed by atoms with Crippen LogP contribution >= 0.6 is 0 Å². The first-order valence-corrected chi connectivity index (χ1v) is 7.09. The zero-order chi connectivity index (χ0) is 14.8. The van der Waals surface area contributed by atoms with Crippen molar-refractivity contribution in [2.24, 2.45) is 5.92 Å². The molecule has 0 spiro atoms. The van der Waals surface area contributed by atoms with Crippen LogP contribution < -0.4 is 10.6 Å². The van der Waals surface area contributed by atoms with Crippen LogP contribution in [0.5, 0.6) is 0 Å². The van der Waals surface area contributed by atoms with Gasteiger partial charge >= 0.3 is 0 Å². The summed E-state index contributed by atoms with van der Waals surface area (Å²) in [5.74, 6) is 1.49. The van der Waals surface area contributed by atoms with Gasteiger partial charge in [-0.3, -0.25) is 4.79 Å². The van der Waals surface area contributed by atoms with E-state index in [0.29, 0.717) is 32.2 Å². The fraction of sp³-hybridized carbons (Fsp3) is 0.714. The Hall–Kier alpha value is -1.40. The van der Waals surface area contributed by atoms with E-state index in [-0.39, 0.29) is 5.91 Å². The van der Waals surface area contributed by atoms with Crippen LogP contribution in [0.15, 0.2) is 12.4 Å². The average molecular weight is 282 g/mol. The van der Waals surface area contributed by atoms with Crippen LogP contribution in [-0.2, 0) is 22.6 Å². The lowest BCUT2D eigenvalue weighted by atomic mass is 10.2. The molecule has 0 saturated carbocycles. The molecule has 0 aliphatic heterocycles. The molecule has 6 nitrogen and oxygen atoms in total. The molecule has 0 aromatic carbocycles. The summed E-state index contributed by atoms with van der Waals surface area (Å²) in [4.78, 5) is 16.1. The third-order valence-electron chi connectivity index (χ3n) is 2.80. The highest BCUT2D eigenvalue weighted by molar-refractivity contribution is 5.75. The van der Waals surface area contributed by atoms with E-state index in [1.165, 1.54) is 0 Å². The van der Waals surface area contributed by atoms with Gasteiger partial charge in [-0.25, -0.2) is 4.98 Å². The third kappa shape index (κ3) is 6.68. The molecule has 0 fully saturated rings. The van der Waals surface area contributed by atoms with Crippen LogP contribution in [0.25, 0.3) is 0 Å². The summed E-state index contributed by atoms with van der Waals surface area (Å²) in [7, 11) is 1.66. The average Bonchev–Trinajstić information content (AvgIpc) is 2.82. The number of hydrogen-bond acceptors (Lipinski definition) is 4. The van der Waals surface area contributed by atoms with Gasteiger partial charge < -0.3 is 19.9 Å². The van der Waals surface area contributed by atoms with Crippen molar-refractivity contribution in [3.8, 4) is 0 Å². The summed E-state index contributed by atoms with van der Waals surface area (Å²) in [5, 5.41) is 6.20. The number of carbonyl (C=O) groups excluding carboxylic acids is 1. The quantitative estimate of drug-likeness (QED) is 0.622. The van der Waals surface area contributed by atoms with Gasteiger partial charge in [0.15, 0.2) is 0 Å². The molecule has 1 amide bonds. The van der Waals surface area contributed by atoms with Crippen molar-refractivity contribution in [3.63, 3.8) is 0 Å². The van der Waals surface area contributed by atoms with Crippen LogP contribution in [0, 0.1) is 5.92 Å². The molecule has 6 heteroatoms. The molecule has 0 atom stereocenters. The van der Waals surface area contributed by atoms with Crippen LogP contribution in [0.4, 0.5) is 0 Å². The largest absolute Gasteiger partial charge is 0.385 e. The highest BCUT2D eigenvalue weighted by Crippen LogP contribution is 1.98. The smallest absolute Gasteiger partial charge is 0.239 e. The van der Waals surface area contributed by atoms with Crippen molar-refractivity contribution < 1.29 is 9.53 Å². The van der Waals surface area contributed by atoms with Gasteiger partial charge in [-0.1, -0.05) is 13.8 Å². The summed E-state index contributed by atoms with van der Waals surface area (Å²) < 4.78 is 6.81. The minimum absolute atomic E-state index is 0.00390. The van der Waals surface area contributed by atoms with Crippen molar-refractivity contribution in [3.05, 3.63) is 18.2 Å². The topological polar surface area (TPSA) is 68.2 Å². The van der Waals surface area contributed by atoms with Crippen LogP contribution in [0.3, 0.4) is 0 Å². The van der Waals surface area contributed by atoms with Gasteiger partial charge in [0.25, 0.3) is 0 Å². The molecule has 0 unspecified atom stereocenters. The van der Waals surface area contributed by atoms with Gasteiger partial charge in [-0.05, 0) is 18.9 Å². The molecule has 1 aromatic heterocycles. The number of methoxy groups -OCH3 is 1. The summed E-state index contributed by atoms with van der Waals surface area (Å²) in [6.45, 7) is 7.56. The standard InChI is InChI=1S/C14H26N4O2/c1-12(2)9-15-10-13-16-6-7-18(13)11-14(19)17-5-4-8-20-3/h6-7,12,15H,4-5,8-11H2,1-3H3,(H,17,19). The fourth-order valence-electron chi connectivity index (χ4n) is 1.78. The van der Waals surface area contributed by atoms with E-state index in [2.05, 4.69) is 29.5 Å². The Morgan fingerprint density at radius 1 is 1.50 bits per heavy atom. The van der Waals surface area contributed by atoms with Crippen molar-refractivity contribution >= 4 is 5.91 Å². The molecule has 0 radical (unpaired) electrons. The molecule has 0 aliphatic rings. The van der Waals surface area contributed by atoms with Crippen molar-refractivity contribution in [2.75, 3.05) is 26.8 Å². The first-order chi connectivity index (χ1) is 9.63. The molecular weight excluding hydrogens is 256 g/mol. The van der Waals surface area contributed by atoms with E-state index >= 15 is 0 Å². The Labute approximate surface area is 120 Å². The number of amides is 1. The van der Waals surface area contributed by atoms with Crippen molar-refractivity contribution in [1.29, 1.82) is 0 Å². The Morgan fingerprint density at radius 2 is 2.30 bits per heavy atom. The monoisotopic (exact) mass is 282 g/mol. The number of aromatic nitrogens is 2. The Kier molecular flexibility index (Phi) is 7.91. The van der Waals surface area contributed by atoms with Gasteiger partial charge in [0.2, 0.25) is 5.91 Å². The molecule has 1 heterocycles. The molecule has 114 valence electrons. The number of rotatable bonds is 10. The highest BCUT2D eigenvalue weighted by Gasteiger charge is 2.07. The number of nitrogens with zero attached hydrogens (tertiary/aromatic N) is 2. The molecule has 1 rings (SSSR count). The van der Waals surface area contributed by atoms with Gasteiger partial charge in [0, 0.05) is 32.7 Å². The van der Waals surface area contributed by atoms with E-state index in [1.54, 1.807) is 13.3 Å². The number of imidazole rings is 1. The SMILES string of the molecule is COCCCNC(=O)Cn1ccnc1CNCC(C)C. The third-order valence-corrected chi connectivity index (χ3v) is 2.80. The lowest BCUT2D eigenvalue weighted by molar-refractivity contribution is -0.121. The summed E-state index contributed by atoms with van der Waals surface area (Å²) in [6.07, 6.45) is 4.39. The lowest BCUT2D eigenvalue weighted by Gasteiger charge is -2.10. The molecular formula is C14H26N4O2. The number of ether oxygens (including phenoxy) is 1. The maximum Gasteiger partial charge on any atom is 0.239 e. The molecule has 2 N–H and O–H groups in total. The zero-order valence-electron chi connectivity index (χ0n) is 12.7. The fourth-order valence-corrected chi connectivity index (χ4v) is 1.78. The molecule has 0 aliphatic carbocycles. The Bertz CT molecular complexity index is 390. The number of nitrogens with one attached hydrogen (secondary N) is 2. The minimum Gasteiger partial charge on any atom is -0.385 e. The van der Waals surface area contributed by atoms with E-state index < -0.39 is 0 Å². The normalized spacial score (nSPS) is 11.0. The maximum atomic E-state index is 11.8. The van der Waals surface area contributed by atoms with Crippen LogP contribution in [-0.4, -0.2) is 42.3 Å². The van der Waals surface area contributed by atoms with Gasteiger partial charge in [0.05, 0.1) is 6.54 Å². The predicted octanol–water partition coefficient (Wildman–Crippen LogP) is 0.781. The van der Waals surface area contributed by atoms with Crippen molar-refractivity contribution in [1.82, 2.24) is 20.2 Å². The van der Waals surface area contributed by atoms with Crippen LogP contribution in [0.2, 0.25) is 0 Å². The minimum atomic E-state index is 0.00390. The van der Waals surface area contributed by atoms with Gasteiger partial charge in [-0.15, -0.1) is 0 Å². The van der Waals surface area contributed by atoms with E-state index in [9.17, 15) is 4.79 Å². The second-order valence-electron chi connectivity index (χ2n) is 5.19. The first-order valence-electron chi connectivity index (χ1n) is 7.09. The Morgan fingerprint density at radius 3 is 3.00 bits per heavy atom. The number of hydrogen-bond donors (Lipinski definition) is 2. The lowest BCUT2D eigenvalue weighted by Crippen LogP contribution is -2.30. The summed E-state index contributed by atoms with van der Waals surface area (Å²) in [6, 6.07) is 0. The molecule has 0 bridgehead atoms. The van der Waals surface area contributed by atoms with E-state index in [1.807, 2.05) is 10.8 Å². The predicted molar refractivity (Wildman–Crippen MR) is 78.3 cm³/mol. The highest BCUT2D eigenvalue weighted by atomic mass is 16.5. The van der Waals surface area contributed by atoms with E-state index in [0.717, 1.165) is 18.8 Å². The second kappa shape index (κ2) is 9.50. The number of carbonyl (C=O) groups is 1.